The van der Waals surface area contributed by atoms with Crippen LogP contribution >= 0.6 is 23.4 Å². The number of rotatable bonds is 2. The zero-order chi connectivity index (χ0) is 18.5. The van der Waals surface area contributed by atoms with E-state index in [4.69, 9.17) is 11.6 Å². The van der Waals surface area contributed by atoms with E-state index in [0.29, 0.717) is 28.0 Å². The number of hydrogen-bond acceptors (Lipinski definition) is 3. The molecule has 2 heterocycles. The molecule has 3 nitrogen and oxygen atoms in total. The molecule has 136 valence electrons. The van der Waals surface area contributed by atoms with E-state index in [9.17, 15) is 18.0 Å². The first-order valence-electron chi connectivity index (χ1n) is 7.96. The highest BCUT2D eigenvalue weighted by atomic mass is 35.5. The van der Waals surface area contributed by atoms with Crippen molar-refractivity contribution in [3.8, 4) is 0 Å². The Morgan fingerprint density at radius 1 is 1.15 bits per heavy atom. The van der Waals surface area contributed by atoms with Crippen molar-refractivity contribution in [3.05, 3.63) is 58.6 Å². The number of amides is 1. The first kappa shape index (κ1) is 17.5. The molecule has 2 aromatic carbocycles. The van der Waals surface area contributed by atoms with Crippen LogP contribution in [-0.2, 0) is 17.5 Å². The maximum atomic E-state index is 13.2. The van der Waals surface area contributed by atoms with Crippen molar-refractivity contribution in [1.82, 2.24) is 0 Å². The van der Waals surface area contributed by atoms with Gasteiger partial charge in [0.2, 0.25) is 0 Å². The SMILES string of the molecule is O=C1[C@H]2CSCN2c2ccc(C(F)(F)F)cc2N1Cc1cccc(Cl)c1. The van der Waals surface area contributed by atoms with Crippen LogP contribution in [0.5, 0.6) is 0 Å². The van der Waals surface area contributed by atoms with Crippen LogP contribution in [0.4, 0.5) is 24.5 Å². The summed E-state index contributed by atoms with van der Waals surface area (Å²) >= 11 is 7.61. The summed E-state index contributed by atoms with van der Waals surface area (Å²) in [5.41, 5.74) is 0.969. The summed E-state index contributed by atoms with van der Waals surface area (Å²) < 4.78 is 39.6. The van der Waals surface area contributed by atoms with Gasteiger partial charge in [0.05, 0.1) is 29.4 Å². The summed E-state index contributed by atoms with van der Waals surface area (Å²) in [4.78, 5) is 16.3. The highest BCUT2D eigenvalue weighted by molar-refractivity contribution is 7.99. The highest BCUT2D eigenvalue weighted by Crippen LogP contribution is 2.44. The molecule has 2 aliphatic heterocycles. The number of nitrogens with zero attached hydrogens (tertiary/aromatic N) is 2. The molecule has 1 fully saturated rings. The van der Waals surface area contributed by atoms with E-state index >= 15 is 0 Å². The van der Waals surface area contributed by atoms with Crippen molar-refractivity contribution < 1.29 is 18.0 Å². The van der Waals surface area contributed by atoms with Gasteiger partial charge in [0.25, 0.3) is 5.91 Å². The second kappa shape index (κ2) is 6.39. The molecule has 0 N–H and O–H groups in total. The van der Waals surface area contributed by atoms with Crippen LogP contribution in [0.2, 0.25) is 5.02 Å². The molecular formula is C18H14ClF3N2OS. The largest absolute Gasteiger partial charge is 0.416 e. The normalized spacial score (nSPS) is 19.5. The predicted octanol–water partition coefficient (Wildman–Crippen LogP) is 4.78. The molecule has 8 heteroatoms. The van der Waals surface area contributed by atoms with E-state index in [1.165, 1.54) is 11.0 Å². The van der Waals surface area contributed by atoms with Crippen LogP contribution in [0.15, 0.2) is 42.5 Å². The van der Waals surface area contributed by atoms with E-state index in [2.05, 4.69) is 0 Å². The maximum Gasteiger partial charge on any atom is 0.416 e. The van der Waals surface area contributed by atoms with Gasteiger partial charge in [0.15, 0.2) is 0 Å². The molecule has 26 heavy (non-hydrogen) atoms. The van der Waals surface area contributed by atoms with Crippen molar-refractivity contribution in [3.63, 3.8) is 0 Å². The van der Waals surface area contributed by atoms with Crippen LogP contribution in [0.1, 0.15) is 11.1 Å². The number of carbonyl (C=O) groups is 1. The molecule has 1 saturated heterocycles. The number of carbonyl (C=O) groups excluding carboxylic acids is 1. The number of alkyl halides is 3. The Kier molecular flexibility index (Phi) is 4.31. The molecule has 0 radical (unpaired) electrons. The average molecular weight is 399 g/mol. The summed E-state index contributed by atoms with van der Waals surface area (Å²) in [5, 5.41) is 0.522. The van der Waals surface area contributed by atoms with E-state index < -0.39 is 11.7 Å². The Bertz CT molecular complexity index is 874. The lowest BCUT2D eigenvalue weighted by Gasteiger charge is -2.39. The Labute approximate surface area is 157 Å². The van der Waals surface area contributed by atoms with Gasteiger partial charge in [0.1, 0.15) is 6.04 Å². The number of anilines is 2. The molecule has 1 atom stereocenters. The maximum absolute atomic E-state index is 13.2. The average Bonchev–Trinajstić information content (AvgIpc) is 3.07. The molecule has 4 rings (SSSR count). The van der Waals surface area contributed by atoms with E-state index in [1.807, 2.05) is 11.0 Å². The Hall–Kier alpha value is -1.86. The molecule has 0 bridgehead atoms. The smallest absolute Gasteiger partial charge is 0.348 e. The van der Waals surface area contributed by atoms with Crippen molar-refractivity contribution in [2.75, 3.05) is 21.4 Å². The molecule has 0 saturated carbocycles. The molecule has 2 aliphatic rings. The lowest BCUT2D eigenvalue weighted by atomic mass is 10.0. The summed E-state index contributed by atoms with van der Waals surface area (Å²) in [5.74, 6) is 1.05. The minimum absolute atomic E-state index is 0.179. The van der Waals surface area contributed by atoms with Gasteiger partial charge in [0, 0.05) is 10.8 Å². The van der Waals surface area contributed by atoms with Crippen molar-refractivity contribution in [2.24, 2.45) is 0 Å². The van der Waals surface area contributed by atoms with E-state index in [-0.39, 0.29) is 18.5 Å². The van der Waals surface area contributed by atoms with E-state index in [1.54, 1.807) is 30.0 Å². The summed E-state index contributed by atoms with van der Waals surface area (Å²) in [6, 6.07) is 10.3. The van der Waals surface area contributed by atoms with Gasteiger partial charge in [-0.05, 0) is 35.9 Å². The molecular weight excluding hydrogens is 385 g/mol. The van der Waals surface area contributed by atoms with Gasteiger partial charge >= 0.3 is 6.18 Å². The van der Waals surface area contributed by atoms with Crippen LogP contribution in [0.3, 0.4) is 0 Å². The Balaban J connectivity index is 1.80. The molecule has 0 unspecified atom stereocenters. The number of fused-ring (bicyclic) bond motifs is 3. The fourth-order valence-electron chi connectivity index (χ4n) is 3.32. The number of halogens is 4. The zero-order valence-corrected chi connectivity index (χ0v) is 15.0. The van der Waals surface area contributed by atoms with Crippen molar-refractivity contribution in [1.29, 1.82) is 0 Å². The second-order valence-electron chi connectivity index (χ2n) is 6.24. The first-order chi connectivity index (χ1) is 12.3. The lowest BCUT2D eigenvalue weighted by molar-refractivity contribution is -0.137. The fraction of sp³-hybridized carbons (Fsp3) is 0.278. The number of hydrogen-bond donors (Lipinski definition) is 0. The second-order valence-corrected chi connectivity index (χ2v) is 7.68. The van der Waals surface area contributed by atoms with Crippen LogP contribution in [0.25, 0.3) is 0 Å². The van der Waals surface area contributed by atoms with Gasteiger partial charge < -0.3 is 9.80 Å². The lowest BCUT2D eigenvalue weighted by Crippen LogP contribution is -2.51. The minimum atomic E-state index is -4.46. The summed E-state index contributed by atoms with van der Waals surface area (Å²) in [6.07, 6.45) is -4.46. The van der Waals surface area contributed by atoms with Gasteiger partial charge in [-0.2, -0.15) is 13.2 Å². The first-order valence-corrected chi connectivity index (χ1v) is 9.49. The molecule has 0 aliphatic carbocycles. The highest BCUT2D eigenvalue weighted by Gasteiger charge is 2.42. The number of benzene rings is 2. The Morgan fingerprint density at radius 3 is 2.69 bits per heavy atom. The molecule has 2 aromatic rings. The Morgan fingerprint density at radius 2 is 1.96 bits per heavy atom. The van der Waals surface area contributed by atoms with Crippen LogP contribution < -0.4 is 9.80 Å². The fourth-order valence-corrected chi connectivity index (χ4v) is 4.70. The minimum Gasteiger partial charge on any atom is -0.348 e. The standard InChI is InChI=1S/C18H14ClF3N2OS/c19-13-3-1-2-11(6-13)8-23-15-7-12(18(20,21)22)4-5-14(15)24-10-26-9-16(24)17(23)25/h1-7,16H,8-10H2/t16-/m1/s1. The third kappa shape index (κ3) is 3.03. The summed E-state index contributed by atoms with van der Waals surface area (Å²) in [7, 11) is 0. The topological polar surface area (TPSA) is 23.6 Å². The monoisotopic (exact) mass is 398 g/mol. The zero-order valence-electron chi connectivity index (χ0n) is 13.5. The molecule has 1 amide bonds. The molecule has 0 aromatic heterocycles. The molecule has 0 spiro atoms. The quantitative estimate of drug-likeness (QED) is 0.727. The predicted molar refractivity (Wildman–Crippen MR) is 97.7 cm³/mol. The third-order valence-corrected chi connectivity index (χ3v) is 5.81. The van der Waals surface area contributed by atoms with Gasteiger partial charge in [-0.25, -0.2) is 0 Å². The van der Waals surface area contributed by atoms with Crippen molar-refractivity contribution >= 4 is 40.6 Å². The van der Waals surface area contributed by atoms with Crippen LogP contribution in [0, 0.1) is 0 Å². The number of thioether (sulfide) groups is 1. The van der Waals surface area contributed by atoms with Crippen molar-refractivity contribution in [2.45, 2.75) is 18.8 Å². The third-order valence-electron chi connectivity index (χ3n) is 4.57. The van der Waals surface area contributed by atoms with Gasteiger partial charge in [-0.1, -0.05) is 23.7 Å². The van der Waals surface area contributed by atoms with Crippen LogP contribution in [-0.4, -0.2) is 23.6 Å². The van der Waals surface area contributed by atoms with E-state index in [0.717, 1.165) is 17.7 Å². The van der Waals surface area contributed by atoms with Gasteiger partial charge in [-0.3, -0.25) is 4.79 Å². The summed E-state index contributed by atoms with van der Waals surface area (Å²) in [6.45, 7) is 0.183. The van der Waals surface area contributed by atoms with Gasteiger partial charge in [-0.15, -0.1) is 11.8 Å².